The van der Waals surface area contributed by atoms with E-state index < -0.39 is 39.2 Å². The van der Waals surface area contributed by atoms with Gasteiger partial charge in [-0.2, -0.15) is 0 Å². The van der Waals surface area contributed by atoms with Gasteiger partial charge in [-0.25, -0.2) is 0 Å². The number of hydrogen-bond donors (Lipinski definition) is 0. The van der Waals surface area contributed by atoms with Crippen molar-refractivity contribution in [2.45, 2.75) is 88.0 Å². The van der Waals surface area contributed by atoms with Gasteiger partial charge in [0.15, 0.2) is 0 Å². The molecular weight excluding hydrogens is 749 g/mol. The quantitative estimate of drug-likeness (QED) is 0.155. The molecule has 5 aromatic rings. The van der Waals surface area contributed by atoms with E-state index in [4.69, 9.17) is 13.2 Å². The van der Waals surface area contributed by atoms with Crippen LogP contribution in [0, 0.1) is 83.1 Å². The molecular formula is C42H49ClGe2O2S. The van der Waals surface area contributed by atoms with Gasteiger partial charge < -0.3 is 0 Å². The summed E-state index contributed by atoms with van der Waals surface area (Å²) in [6.45, 7) is 25.9. The Hall–Kier alpha value is -2.41. The Morgan fingerprint density at radius 2 is 0.729 bits per heavy atom. The molecule has 2 radical (unpaired) electrons. The first kappa shape index (κ1) is 38.4. The second-order valence-electron chi connectivity index (χ2n) is 13.4. The summed E-state index contributed by atoms with van der Waals surface area (Å²) in [4.78, 5) is 0.720. The summed E-state index contributed by atoms with van der Waals surface area (Å²) in [5.74, 6) is 0. The monoisotopic (exact) mass is 800 g/mol. The molecule has 250 valence electrons. The molecule has 0 bridgehead atoms. The van der Waals surface area contributed by atoms with Crippen molar-refractivity contribution < 1.29 is 7.42 Å². The van der Waals surface area contributed by atoms with E-state index >= 15 is 0 Å². The average Bonchev–Trinajstić information content (AvgIpc) is 2.95. The number of benzene rings is 5. The van der Waals surface area contributed by atoms with Gasteiger partial charge in [0.1, 0.15) is 0 Å². The maximum absolute atomic E-state index is 13.1. The van der Waals surface area contributed by atoms with E-state index in [2.05, 4.69) is 132 Å². The van der Waals surface area contributed by atoms with E-state index in [0.29, 0.717) is 0 Å². The van der Waals surface area contributed by atoms with Gasteiger partial charge in [0.25, 0.3) is 0 Å². The Morgan fingerprint density at radius 3 is 1.02 bits per heavy atom. The second-order valence-corrected chi connectivity index (χ2v) is 24.4. The van der Waals surface area contributed by atoms with Crippen molar-refractivity contribution in [3.05, 3.63) is 146 Å². The maximum atomic E-state index is 13.1. The van der Waals surface area contributed by atoms with Crippen LogP contribution in [0.15, 0.2) is 83.8 Å². The first-order valence-corrected chi connectivity index (χ1v) is 25.3. The van der Waals surface area contributed by atoms with E-state index in [-0.39, 0.29) is 0 Å². The minimum atomic E-state index is -2.53. The zero-order valence-corrected chi connectivity index (χ0v) is 36.4. The Morgan fingerprint density at radius 1 is 0.458 bits per heavy atom. The standard InChI is InChI=1S/C24H27GeO2S.C18H22ClGe/c1-16-12-18(3)23(19(4)13-16)25(24-20(5)14-17(2)15-21(24)6)27-28(26)22-10-8-7-9-11-22;1-11-7-13(3)17(14(4)8-11)20(19)18-15(5)9-12(2)10-16(18)6/h7-15H,1-6H3;7-10H,1-6H3/t28-;/m0./s1. The Bertz CT molecular complexity index is 1760. The van der Waals surface area contributed by atoms with E-state index in [1.54, 1.807) is 0 Å². The molecule has 2 nitrogen and oxygen atoms in total. The summed E-state index contributed by atoms with van der Waals surface area (Å²) in [6.07, 6.45) is 0. The Balaban J connectivity index is 0.000000229. The minimum absolute atomic E-state index is 0.720. The third-order valence-corrected chi connectivity index (χ3v) is 24.0. The van der Waals surface area contributed by atoms with E-state index in [0.717, 1.165) is 4.90 Å². The van der Waals surface area contributed by atoms with Crippen LogP contribution in [0.3, 0.4) is 0 Å². The predicted molar refractivity (Wildman–Crippen MR) is 212 cm³/mol. The van der Waals surface area contributed by atoms with Crippen LogP contribution in [0.1, 0.15) is 66.8 Å². The van der Waals surface area contributed by atoms with Crippen LogP contribution < -0.4 is 17.6 Å². The van der Waals surface area contributed by atoms with Crippen LogP contribution in [-0.2, 0) is 14.3 Å². The number of hydrogen-bond acceptors (Lipinski definition) is 2. The fourth-order valence-electron chi connectivity index (χ4n) is 7.12. The molecule has 0 saturated heterocycles. The first-order valence-electron chi connectivity index (χ1n) is 16.5. The predicted octanol–water partition coefficient (Wildman–Crippen LogP) is 8.26. The topological polar surface area (TPSA) is 26.3 Å². The fourth-order valence-corrected chi connectivity index (χ4v) is 21.8. The molecule has 0 aromatic heterocycles. The summed E-state index contributed by atoms with van der Waals surface area (Å²) >= 11 is -5.98. The molecule has 5 aromatic carbocycles. The van der Waals surface area contributed by atoms with Gasteiger partial charge in [0.05, 0.1) is 0 Å². The fraction of sp³-hybridized carbons (Fsp3) is 0.286. The zero-order valence-electron chi connectivity index (χ0n) is 30.6. The number of aryl methyl sites for hydroxylation is 12. The summed E-state index contributed by atoms with van der Waals surface area (Å²) in [5.41, 5.74) is 15.5. The van der Waals surface area contributed by atoms with Crippen molar-refractivity contribution in [2.75, 3.05) is 0 Å². The van der Waals surface area contributed by atoms with Crippen molar-refractivity contribution in [1.82, 2.24) is 0 Å². The van der Waals surface area contributed by atoms with Crippen LogP contribution in [-0.4, -0.2) is 32.3 Å². The molecule has 0 unspecified atom stereocenters. The molecule has 5 rings (SSSR count). The average molecular weight is 799 g/mol. The van der Waals surface area contributed by atoms with Crippen LogP contribution in [0.2, 0.25) is 0 Å². The van der Waals surface area contributed by atoms with Crippen molar-refractivity contribution >= 4 is 66.8 Å². The van der Waals surface area contributed by atoms with Crippen molar-refractivity contribution in [3.8, 4) is 0 Å². The second kappa shape index (κ2) is 16.5. The Labute approximate surface area is 305 Å². The molecule has 0 aliphatic heterocycles. The summed E-state index contributed by atoms with van der Waals surface area (Å²) in [7, 11) is 7.02. The first-order chi connectivity index (χ1) is 22.6. The van der Waals surface area contributed by atoms with Gasteiger partial charge in [-0.15, -0.1) is 0 Å². The van der Waals surface area contributed by atoms with Gasteiger partial charge in [-0.1, -0.05) is 0 Å². The van der Waals surface area contributed by atoms with Gasteiger partial charge in [-0.05, 0) is 0 Å². The Kier molecular flexibility index (Phi) is 13.2. The zero-order chi connectivity index (χ0) is 35.4. The molecule has 0 fully saturated rings. The normalized spacial score (nSPS) is 11.9. The van der Waals surface area contributed by atoms with Crippen molar-refractivity contribution in [2.24, 2.45) is 0 Å². The van der Waals surface area contributed by atoms with E-state index in [1.165, 1.54) is 84.3 Å². The van der Waals surface area contributed by atoms with Gasteiger partial charge in [-0.3, -0.25) is 0 Å². The summed E-state index contributed by atoms with van der Waals surface area (Å²) in [6, 6.07) is 27.4. The number of halogens is 1. The van der Waals surface area contributed by atoms with E-state index in [1.807, 2.05) is 30.3 Å². The molecule has 0 aliphatic rings. The molecule has 6 heteroatoms. The SMILES string of the molecule is Cc1cc(C)[c]([Ge]([Cl])[c]2c(C)cc(C)cc2C)c(C)c1.Cc1cc(C)[c]([Ge]([O][S@](=O)c2ccccc2)[c]2c(C)cc(C)cc2C)c(C)c1. The van der Waals surface area contributed by atoms with Crippen LogP contribution in [0.25, 0.3) is 0 Å². The molecule has 48 heavy (non-hydrogen) atoms. The third-order valence-electron chi connectivity index (χ3n) is 8.70. The molecule has 0 spiro atoms. The molecule has 0 amide bonds. The van der Waals surface area contributed by atoms with Crippen molar-refractivity contribution in [1.29, 1.82) is 0 Å². The molecule has 0 saturated carbocycles. The van der Waals surface area contributed by atoms with Crippen LogP contribution in [0.5, 0.6) is 0 Å². The van der Waals surface area contributed by atoms with Crippen molar-refractivity contribution in [3.63, 3.8) is 0 Å². The summed E-state index contributed by atoms with van der Waals surface area (Å²) < 4.78 is 24.9. The van der Waals surface area contributed by atoms with Gasteiger partial charge in [0.2, 0.25) is 0 Å². The van der Waals surface area contributed by atoms with E-state index in [9.17, 15) is 4.21 Å². The van der Waals surface area contributed by atoms with Crippen LogP contribution >= 0.6 is 10.0 Å². The van der Waals surface area contributed by atoms with Crippen LogP contribution in [0.4, 0.5) is 0 Å². The molecule has 1 atom stereocenters. The molecule has 0 heterocycles. The third kappa shape index (κ3) is 9.03. The van der Waals surface area contributed by atoms with Gasteiger partial charge >= 0.3 is 308 Å². The molecule has 0 N–H and O–H groups in total. The van der Waals surface area contributed by atoms with Gasteiger partial charge in [0, 0.05) is 0 Å². The number of rotatable bonds is 7. The molecule has 0 aliphatic carbocycles. The summed E-state index contributed by atoms with van der Waals surface area (Å²) in [5, 5.41) is 0.